The van der Waals surface area contributed by atoms with Crippen molar-refractivity contribution in [1.82, 2.24) is 34.7 Å². The second-order valence-corrected chi connectivity index (χ2v) is 8.19. The SMILES string of the molecule is O=C(Cn1cnc(-c2cccs2)cc1=O)NCCOc1ccc2nnc(-c3ccccc3)n2n1. The monoisotopic (exact) mass is 473 g/mol. The highest BCUT2D eigenvalue weighted by atomic mass is 32.1. The molecule has 1 N–H and O–H groups in total. The number of benzene rings is 1. The third kappa shape index (κ3) is 4.69. The lowest BCUT2D eigenvalue weighted by Crippen LogP contribution is -2.34. The van der Waals surface area contributed by atoms with Gasteiger partial charge in [-0.3, -0.25) is 14.2 Å². The van der Waals surface area contributed by atoms with Crippen LogP contribution in [-0.2, 0) is 11.3 Å². The molecule has 0 aliphatic carbocycles. The van der Waals surface area contributed by atoms with Gasteiger partial charge in [0, 0.05) is 17.7 Å². The van der Waals surface area contributed by atoms with E-state index < -0.39 is 0 Å². The molecule has 1 aromatic carbocycles. The van der Waals surface area contributed by atoms with E-state index in [0.29, 0.717) is 23.0 Å². The van der Waals surface area contributed by atoms with E-state index in [1.54, 1.807) is 16.6 Å². The average molecular weight is 474 g/mol. The smallest absolute Gasteiger partial charge is 0.254 e. The number of ether oxygens (including phenoxy) is 1. The second-order valence-electron chi connectivity index (χ2n) is 7.25. The number of hydrogen-bond acceptors (Lipinski definition) is 8. The molecule has 4 aromatic heterocycles. The van der Waals surface area contributed by atoms with Crippen LogP contribution in [0, 0.1) is 0 Å². The van der Waals surface area contributed by atoms with Crippen molar-refractivity contribution < 1.29 is 9.53 Å². The van der Waals surface area contributed by atoms with Crippen LogP contribution < -0.4 is 15.6 Å². The van der Waals surface area contributed by atoms with Gasteiger partial charge in [0.05, 0.1) is 23.4 Å². The summed E-state index contributed by atoms with van der Waals surface area (Å²) in [5, 5.41) is 17.4. The molecule has 34 heavy (non-hydrogen) atoms. The molecule has 0 radical (unpaired) electrons. The number of carbonyl (C=O) groups excluding carboxylic acids is 1. The zero-order valence-corrected chi connectivity index (χ0v) is 18.7. The fraction of sp³-hybridized carbons (Fsp3) is 0.130. The zero-order chi connectivity index (χ0) is 23.3. The Balaban J connectivity index is 1.15. The van der Waals surface area contributed by atoms with Crippen molar-refractivity contribution in [2.45, 2.75) is 6.54 Å². The number of amides is 1. The van der Waals surface area contributed by atoms with Crippen LogP contribution in [0.3, 0.4) is 0 Å². The summed E-state index contributed by atoms with van der Waals surface area (Å²) in [5.74, 6) is 0.673. The molecule has 0 saturated heterocycles. The number of aromatic nitrogens is 6. The number of nitrogens with one attached hydrogen (secondary N) is 1. The van der Waals surface area contributed by atoms with E-state index in [0.717, 1.165) is 10.4 Å². The molecule has 0 unspecified atom stereocenters. The molecule has 5 rings (SSSR count). The number of hydrogen-bond donors (Lipinski definition) is 1. The highest BCUT2D eigenvalue weighted by molar-refractivity contribution is 7.13. The largest absolute Gasteiger partial charge is 0.475 e. The third-order valence-electron chi connectivity index (χ3n) is 4.91. The van der Waals surface area contributed by atoms with E-state index in [1.807, 2.05) is 47.8 Å². The average Bonchev–Trinajstić information content (AvgIpc) is 3.54. The van der Waals surface area contributed by atoms with Crippen molar-refractivity contribution in [3.8, 4) is 27.8 Å². The van der Waals surface area contributed by atoms with Crippen molar-refractivity contribution in [1.29, 1.82) is 0 Å². The Kier molecular flexibility index (Phi) is 6.08. The van der Waals surface area contributed by atoms with Crippen LogP contribution in [0.25, 0.3) is 27.6 Å². The fourth-order valence-corrected chi connectivity index (χ4v) is 3.97. The molecule has 0 spiro atoms. The van der Waals surface area contributed by atoms with E-state index >= 15 is 0 Å². The summed E-state index contributed by atoms with van der Waals surface area (Å²) in [6, 6.07) is 18.3. The highest BCUT2D eigenvalue weighted by Gasteiger charge is 2.11. The van der Waals surface area contributed by atoms with E-state index in [-0.39, 0.29) is 31.2 Å². The summed E-state index contributed by atoms with van der Waals surface area (Å²) in [5.41, 5.74) is 1.80. The van der Waals surface area contributed by atoms with Gasteiger partial charge in [-0.15, -0.1) is 26.6 Å². The molecule has 0 fully saturated rings. The van der Waals surface area contributed by atoms with Gasteiger partial charge in [-0.25, -0.2) is 4.98 Å². The first-order chi connectivity index (χ1) is 16.7. The molecular weight excluding hydrogens is 454 g/mol. The molecular formula is C23H19N7O3S. The van der Waals surface area contributed by atoms with Crippen LogP contribution in [0.1, 0.15) is 0 Å². The van der Waals surface area contributed by atoms with Crippen LogP contribution in [0.5, 0.6) is 5.88 Å². The molecule has 0 aliphatic rings. The summed E-state index contributed by atoms with van der Waals surface area (Å²) in [6.45, 7) is 0.334. The van der Waals surface area contributed by atoms with Crippen LogP contribution in [0.15, 0.2) is 77.2 Å². The maximum absolute atomic E-state index is 12.3. The Hall–Kier alpha value is -4.38. The normalized spacial score (nSPS) is 10.9. The Bertz CT molecular complexity index is 1480. The Morgan fingerprint density at radius 3 is 2.74 bits per heavy atom. The Labute approximate surface area is 197 Å². The van der Waals surface area contributed by atoms with Crippen LogP contribution >= 0.6 is 11.3 Å². The van der Waals surface area contributed by atoms with Crippen molar-refractivity contribution >= 4 is 22.9 Å². The number of thiophene rings is 1. The first-order valence-corrected chi connectivity index (χ1v) is 11.3. The highest BCUT2D eigenvalue weighted by Crippen LogP contribution is 2.21. The van der Waals surface area contributed by atoms with Gasteiger partial charge in [0.25, 0.3) is 5.56 Å². The van der Waals surface area contributed by atoms with E-state index in [1.165, 1.54) is 28.3 Å². The van der Waals surface area contributed by atoms with E-state index in [9.17, 15) is 9.59 Å². The molecule has 1 amide bonds. The maximum Gasteiger partial charge on any atom is 0.254 e. The Morgan fingerprint density at radius 2 is 1.94 bits per heavy atom. The molecule has 0 bridgehead atoms. The van der Waals surface area contributed by atoms with Gasteiger partial charge >= 0.3 is 0 Å². The van der Waals surface area contributed by atoms with Crippen molar-refractivity contribution in [3.05, 3.63) is 82.7 Å². The van der Waals surface area contributed by atoms with Gasteiger partial charge in [0.1, 0.15) is 13.2 Å². The Morgan fingerprint density at radius 1 is 1.06 bits per heavy atom. The quantitative estimate of drug-likeness (QED) is 0.344. The summed E-state index contributed by atoms with van der Waals surface area (Å²) in [7, 11) is 0. The number of nitrogens with zero attached hydrogens (tertiary/aromatic N) is 6. The van der Waals surface area contributed by atoms with Crippen molar-refractivity contribution in [2.75, 3.05) is 13.2 Å². The minimum atomic E-state index is -0.315. The van der Waals surface area contributed by atoms with Crippen molar-refractivity contribution in [3.63, 3.8) is 0 Å². The minimum absolute atomic E-state index is 0.123. The lowest BCUT2D eigenvalue weighted by Gasteiger charge is -2.09. The van der Waals surface area contributed by atoms with Gasteiger partial charge in [-0.05, 0) is 17.5 Å². The number of rotatable bonds is 8. The summed E-state index contributed by atoms with van der Waals surface area (Å²) in [4.78, 5) is 29.7. The van der Waals surface area contributed by atoms with E-state index in [2.05, 4.69) is 25.6 Å². The number of fused-ring (bicyclic) bond motifs is 1. The first kappa shape index (κ1) is 21.5. The van der Waals surface area contributed by atoms with Crippen LogP contribution in [0.4, 0.5) is 0 Å². The maximum atomic E-state index is 12.3. The lowest BCUT2D eigenvalue weighted by molar-refractivity contribution is -0.121. The van der Waals surface area contributed by atoms with E-state index in [4.69, 9.17) is 4.74 Å². The molecule has 170 valence electrons. The molecule has 5 aromatic rings. The van der Waals surface area contributed by atoms with Gasteiger partial charge in [-0.1, -0.05) is 36.4 Å². The molecule has 11 heteroatoms. The lowest BCUT2D eigenvalue weighted by atomic mass is 10.2. The number of carbonyl (C=O) groups is 1. The second kappa shape index (κ2) is 9.63. The van der Waals surface area contributed by atoms with Crippen LogP contribution in [0.2, 0.25) is 0 Å². The molecule has 0 saturated carbocycles. The van der Waals surface area contributed by atoms with Gasteiger partial charge in [0.15, 0.2) is 11.5 Å². The third-order valence-corrected chi connectivity index (χ3v) is 5.80. The van der Waals surface area contributed by atoms with Crippen molar-refractivity contribution in [2.24, 2.45) is 0 Å². The molecule has 4 heterocycles. The van der Waals surface area contributed by atoms with Gasteiger partial charge in [-0.2, -0.15) is 4.52 Å². The van der Waals surface area contributed by atoms with Gasteiger partial charge < -0.3 is 10.1 Å². The molecule has 0 atom stereocenters. The predicted molar refractivity (Wildman–Crippen MR) is 127 cm³/mol. The first-order valence-electron chi connectivity index (χ1n) is 10.4. The molecule has 10 nitrogen and oxygen atoms in total. The van der Waals surface area contributed by atoms with Crippen LogP contribution in [-0.4, -0.2) is 48.4 Å². The topological polar surface area (TPSA) is 116 Å². The fourth-order valence-electron chi connectivity index (χ4n) is 3.28. The summed E-state index contributed by atoms with van der Waals surface area (Å²) < 4.78 is 8.55. The summed E-state index contributed by atoms with van der Waals surface area (Å²) >= 11 is 1.50. The van der Waals surface area contributed by atoms with Gasteiger partial charge in [0.2, 0.25) is 11.8 Å². The zero-order valence-electron chi connectivity index (χ0n) is 17.9. The predicted octanol–water partition coefficient (Wildman–Crippen LogP) is 2.27. The minimum Gasteiger partial charge on any atom is -0.475 e. The standard InChI is InChI=1S/C23H19N7O3S/c31-20(14-29-15-25-17(13-22(29)32)18-7-4-12-34-18)24-10-11-33-21-9-8-19-26-27-23(30(19)28-21)16-5-2-1-3-6-16/h1-9,12-13,15H,10-11,14H2,(H,24,31). The molecule has 0 aliphatic heterocycles. The summed E-state index contributed by atoms with van der Waals surface area (Å²) in [6.07, 6.45) is 1.39.